The van der Waals surface area contributed by atoms with E-state index in [9.17, 15) is 18.0 Å². The van der Waals surface area contributed by atoms with Gasteiger partial charge in [-0.25, -0.2) is 9.97 Å². The fourth-order valence-corrected chi connectivity index (χ4v) is 2.29. The topological polar surface area (TPSA) is 64.1 Å². The number of para-hydroxylation sites is 3. The molecule has 8 heteroatoms. The lowest BCUT2D eigenvalue weighted by atomic mass is 10.1. The van der Waals surface area contributed by atoms with Gasteiger partial charge in [-0.15, -0.1) is 0 Å². The number of benzene rings is 2. The third-order valence-corrected chi connectivity index (χ3v) is 3.43. The van der Waals surface area contributed by atoms with Crippen molar-refractivity contribution < 1.29 is 22.7 Å². The van der Waals surface area contributed by atoms with Crippen LogP contribution < -0.4 is 10.1 Å². The van der Waals surface area contributed by atoms with E-state index in [1.165, 1.54) is 25.3 Å². The molecule has 0 spiro atoms. The Labute approximate surface area is 140 Å². The van der Waals surface area contributed by atoms with Gasteiger partial charge in [-0.3, -0.25) is 4.79 Å². The molecule has 0 saturated carbocycles. The number of aromatic nitrogens is 2. The van der Waals surface area contributed by atoms with E-state index in [-0.39, 0.29) is 17.3 Å². The van der Waals surface area contributed by atoms with Crippen LogP contribution in [0, 0.1) is 0 Å². The molecule has 0 atom stereocenters. The van der Waals surface area contributed by atoms with Gasteiger partial charge < -0.3 is 10.1 Å². The third kappa shape index (κ3) is 3.37. The maximum absolute atomic E-state index is 13.1. The minimum Gasteiger partial charge on any atom is -0.479 e. The van der Waals surface area contributed by atoms with Crippen LogP contribution in [0.2, 0.25) is 0 Å². The van der Waals surface area contributed by atoms with Gasteiger partial charge >= 0.3 is 6.18 Å². The number of hydrogen-bond donors (Lipinski definition) is 1. The number of hydrogen-bond acceptors (Lipinski definition) is 4. The molecule has 1 heterocycles. The number of amides is 1. The minimum atomic E-state index is -4.59. The summed E-state index contributed by atoms with van der Waals surface area (Å²) in [6.45, 7) is 0. The van der Waals surface area contributed by atoms with Gasteiger partial charge in [-0.1, -0.05) is 24.3 Å². The molecule has 0 bridgehead atoms. The van der Waals surface area contributed by atoms with Gasteiger partial charge in [-0.2, -0.15) is 13.2 Å². The molecule has 128 valence electrons. The van der Waals surface area contributed by atoms with E-state index in [0.717, 1.165) is 6.07 Å². The first-order valence-electron chi connectivity index (χ1n) is 7.18. The van der Waals surface area contributed by atoms with E-state index in [1.54, 1.807) is 24.3 Å². The highest BCUT2D eigenvalue weighted by Gasteiger charge is 2.34. The average Bonchev–Trinajstić information content (AvgIpc) is 2.60. The maximum Gasteiger partial charge on any atom is 0.418 e. The van der Waals surface area contributed by atoms with E-state index in [2.05, 4.69) is 15.3 Å². The Kier molecular flexibility index (Phi) is 4.26. The molecular weight excluding hydrogens is 335 g/mol. The number of nitrogens with zero attached hydrogens (tertiary/aromatic N) is 2. The molecule has 3 rings (SSSR count). The van der Waals surface area contributed by atoms with Crippen LogP contribution in [0.3, 0.4) is 0 Å². The zero-order valence-corrected chi connectivity index (χ0v) is 13.0. The summed E-state index contributed by atoms with van der Waals surface area (Å²) in [4.78, 5) is 20.8. The van der Waals surface area contributed by atoms with Gasteiger partial charge in [0.1, 0.15) is 0 Å². The van der Waals surface area contributed by atoms with Gasteiger partial charge in [-0.05, 0) is 24.3 Å². The van der Waals surface area contributed by atoms with Gasteiger partial charge in [0, 0.05) is 0 Å². The van der Waals surface area contributed by atoms with Crippen LogP contribution in [-0.4, -0.2) is 23.0 Å². The molecule has 0 fully saturated rings. The van der Waals surface area contributed by atoms with Gasteiger partial charge in [0.05, 0.1) is 29.4 Å². The first kappa shape index (κ1) is 16.7. The second kappa shape index (κ2) is 6.39. The smallest absolute Gasteiger partial charge is 0.418 e. The molecule has 1 aromatic heterocycles. The highest BCUT2D eigenvalue weighted by Crippen LogP contribution is 2.34. The van der Waals surface area contributed by atoms with E-state index in [4.69, 9.17) is 4.74 Å². The van der Waals surface area contributed by atoms with Crippen molar-refractivity contribution in [3.8, 4) is 5.88 Å². The Morgan fingerprint density at radius 3 is 2.24 bits per heavy atom. The summed E-state index contributed by atoms with van der Waals surface area (Å²) in [5.41, 5.74) is -0.574. The van der Waals surface area contributed by atoms with Crippen molar-refractivity contribution in [2.75, 3.05) is 12.4 Å². The van der Waals surface area contributed by atoms with Crippen LogP contribution in [0.15, 0.2) is 48.5 Å². The monoisotopic (exact) mass is 347 g/mol. The molecule has 1 amide bonds. The van der Waals surface area contributed by atoms with Crippen molar-refractivity contribution in [2.45, 2.75) is 6.18 Å². The second-order valence-corrected chi connectivity index (χ2v) is 5.07. The summed E-state index contributed by atoms with van der Waals surface area (Å²) >= 11 is 0. The molecule has 0 aliphatic rings. The molecule has 2 aromatic carbocycles. The van der Waals surface area contributed by atoms with Crippen LogP contribution in [0.25, 0.3) is 11.0 Å². The molecule has 0 aliphatic carbocycles. The number of anilines is 1. The minimum absolute atomic E-state index is 0.0688. The van der Waals surface area contributed by atoms with Gasteiger partial charge in [0.2, 0.25) is 5.88 Å². The molecule has 1 N–H and O–H groups in total. The Bertz CT molecular complexity index is 942. The maximum atomic E-state index is 13.1. The highest BCUT2D eigenvalue weighted by atomic mass is 19.4. The third-order valence-electron chi connectivity index (χ3n) is 3.43. The standard InChI is InChI=1S/C17H12F3N3O2/c1-25-16-14(21-12-8-4-5-9-13(12)23-16)15(24)22-11-7-3-2-6-10(11)17(18,19)20/h2-9H,1H3,(H,22,24). The molecule has 3 aromatic rings. The first-order valence-corrected chi connectivity index (χ1v) is 7.18. The number of halogens is 3. The Morgan fingerprint density at radius 2 is 1.60 bits per heavy atom. The summed E-state index contributed by atoms with van der Waals surface area (Å²) < 4.78 is 44.2. The number of fused-ring (bicyclic) bond motifs is 1. The molecule has 0 aliphatic heterocycles. The highest BCUT2D eigenvalue weighted by molar-refractivity contribution is 6.05. The van der Waals surface area contributed by atoms with E-state index in [0.29, 0.717) is 11.0 Å². The number of rotatable bonds is 3. The molecule has 25 heavy (non-hydrogen) atoms. The van der Waals surface area contributed by atoms with Crippen LogP contribution in [0.1, 0.15) is 16.1 Å². The quantitative estimate of drug-likeness (QED) is 0.780. The van der Waals surface area contributed by atoms with Crippen molar-refractivity contribution in [2.24, 2.45) is 0 Å². The van der Waals surface area contributed by atoms with E-state index in [1.807, 2.05) is 0 Å². The number of nitrogens with one attached hydrogen (secondary N) is 1. The van der Waals surface area contributed by atoms with Crippen LogP contribution >= 0.6 is 0 Å². The summed E-state index contributed by atoms with van der Waals surface area (Å²) in [6.07, 6.45) is -4.59. The number of carbonyl (C=O) groups excluding carboxylic acids is 1. The lowest BCUT2D eigenvalue weighted by Gasteiger charge is -2.14. The Hall–Kier alpha value is -3.16. The lowest BCUT2D eigenvalue weighted by molar-refractivity contribution is -0.136. The largest absolute Gasteiger partial charge is 0.479 e. The molecular formula is C17H12F3N3O2. The predicted octanol–water partition coefficient (Wildman–Crippen LogP) is 3.91. The molecule has 0 radical (unpaired) electrons. The first-order chi connectivity index (χ1) is 11.9. The fraction of sp³-hybridized carbons (Fsp3) is 0.118. The van der Waals surface area contributed by atoms with Crippen molar-refractivity contribution >= 4 is 22.6 Å². The van der Waals surface area contributed by atoms with Crippen molar-refractivity contribution in [1.29, 1.82) is 0 Å². The SMILES string of the molecule is COc1nc2ccccc2nc1C(=O)Nc1ccccc1C(F)(F)F. The van der Waals surface area contributed by atoms with Crippen LogP contribution in [-0.2, 0) is 6.18 Å². The molecule has 0 unspecified atom stereocenters. The Morgan fingerprint density at radius 1 is 1.00 bits per heavy atom. The molecule has 5 nitrogen and oxygen atoms in total. The van der Waals surface area contributed by atoms with E-state index < -0.39 is 17.6 Å². The summed E-state index contributed by atoms with van der Waals surface area (Å²) in [5, 5.41) is 2.23. The van der Waals surface area contributed by atoms with Crippen LogP contribution in [0.5, 0.6) is 5.88 Å². The van der Waals surface area contributed by atoms with Crippen molar-refractivity contribution in [3.05, 3.63) is 59.8 Å². The summed E-state index contributed by atoms with van der Waals surface area (Å²) in [5.74, 6) is -0.910. The van der Waals surface area contributed by atoms with Gasteiger partial charge in [0.25, 0.3) is 5.91 Å². The normalized spacial score (nSPS) is 11.4. The number of carbonyl (C=O) groups is 1. The van der Waals surface area contributed by atoms with Gasteiger partial charge in [0.15, 0.2) is 5.69 Å². The average molecular weight is 347 g/mol. The van der Waals surface area contributed by atoms with Crippen molar-refractivity contribution in [1.82, 2.24) is 9.97 Å². The fourth-order valence-electron chi connectivity index (χ4n) is 2.29. The number of methoxy groups -OCH3 is 1. The number of ether oxygens (including phenoxy) is 1. The Balaban J connectivity index is 2.01. The van der Waals surface area contributed by atoms with Crippen LogP contribution in [0.4, 0.5) is 18.9 Å². The number of alkyl halides is 3. The zero-order chi connectivity index (χ0) is 18.0. The second-order valence-electron chi connectivity index (χ2n) is 5.07. The summed E-state index contributed by atoms with van der Waals surface area (Å²) in [7, 11) is 1.30. The molecule has 0 saturated heterocycles. The summed E-state index contributed by atoms with van der Waals surface area (Å²) in [6, 6.07) is 11.5. The van der Waals surface area contributed by atoms with Crippen molar-refractivity contribution in [3.63, 3.8) is 0 Å². The predicted molar refractivity (Wildman–Crippen MR) is 85.5 cm³/mol. The zero-order valence-electron chi connectivity index (χ0n) is 13.0. The van der Waals surface area contributed by atoms with E-state index >= 15 is 0 Å². The lowest BCUT2D eigenvalue weighted by Crippen LogP contribution is -2.19.